The lowest BCUT2D eigenvalue weighted by Gasteiger charge is -2.38. The van der Waals surface area contributed by atoms with Gasteiger partial charge in [0.05, 0.1) is 101 Å². The van der Waals surface area contributed by atoms with Crippen LogP contribution in [0.4, 0.5) is 114 Å². The molecule has 0 atom stereocenters. The molecule has 0 saturated carbocycles. The van der Waals surface area contributed by atoms with E-state index in [0.29, 0.717) is 0 Å². The summed E-state index contributed by atoms with van der Waals surface area (Å²) >= 11 is 1.74. The Morgan fingerprint density at radius 3 is 0.874 bits per heavy atom. The number of rotatable bonds is 14. The van der Waals surface area contributed by atoms with Gasteiger partial charge in [0.2, 0.25) is 0 Å². The van der Waals surface area contributed by atoms with Crippen molar-refractivity contribution in [2.24, 2.45) is 14.1 Å². The van der Waals surface area contributed by atoms with E-state index in [1.54, 1.807) is 11.3 Å². The van der Waals surface area contributed by atoms with Crippen molar-refractivity contribution < 1.29 is 0 Å². The van der Waals surface area contributed by atoms with E-state index in [1.807, 2.05) is 50.8 Å². The summed E-state index contributed by atoms with van der Waals surface area (Å²) in [4.78, 5) is 43.1. The third-order valence-electron chi connectivity index (χ3n) is 28.7. The molecule has 4 aliphatic heterocycles. The van der Waals surface area contributed by atoms with E-state index >= 15 is 0 Å². The number of para-hydroxylation sites is 17. The molecule has 4 aliphatic rings. The molecular weight excluding hydrogens is 1770 g/mol. The van der Waals surface area contributed by atoms with E-state index in [9.17, 15) is 0 Å². The van der Waals surface area contributed by atoms with Gasteiger partial charge in [-0.25, -0.2) is 24.9 Å². The zero-order valence-corrected chi connectivity index (χ0v) is 80.2. The molecule has 23 aromatic rings. The number of hydrogen-bond acceptors (Lipinski definition) is 14. The predicted octanol–water partition coefficient (Wildman–Crippen LogP) is 33.4. The maximum atomic E-state index is 5.05. The molecule has 682 valence electrons. The van der Waals surface area contributed by atoms with Crippen molar-refractivity contribution in [2.45, 2.75) is 0 Å². The number of aryl methyl sites for hydroxylation is 2. The molecule has 0 N–H and O–H groups in total. The second-order valence-electron chi connectivity index (χ2n) is 36.8. The molecule has 0 bridgehead atoms. The number of imidazole rings is 2. The summed E-state index contributed by atoms with van der Waals surface area (Å²) in [6.45, 7) is 0. The van der Waals surface area contributed by atoms with E-state index in [4.69, 9.17) is 15.0 Å². The fourth-order valence-electron chi connectivity index (χ4n) is 21.6. The molecule has 0 fully saturated rings. The van der Waals surface area contributed by atoms with Gasteiger partial charge in [-0.2, -0.15) is 0 Å². The van der Waals surface area contributed by atoms with Gasteiger partial charge in [0.15, 0.2) is 11.3 Å². The van der Waals surface area contributed by atoms with Crippen molar-refractivity contribution in [3.63, 3.8) is 0 Å². The van der Waals surface area contributed by atoms with Gasteiger partial charge >= 0.3 is 0 Å². The molecule has 0 radical (unpaired) electrons. The molecule has 143 heavy (non-hydrogen) atoms. The van der Waals surface area contributed by atoms with Crippen molar-refractivity contribution >= 4 is 158 Å². The summed E-state index contributed by atoms with van der Waals surface area (Å²) < 4.78 is 5.35. The molecule has 18 aromatic carbocycles. The van der Waals surface area contributed by atoms with Crippen LogP contribution < -0.4 is 39.2 Å². The Kier molecular flexibility index (Phi) is 20.7. The van der Waals surface area contributed by atoms with Crippen molar-refractivity contribution in [3.05, 3.63) is 455 Å². The van der Waals surface area contributed by atoms with Gasteiger partial charge in [-0.15, -0.1) is 11.3 Å². The average Bonchev–Trinajstić information content (AvgIpc) is 1.70. The number of benzene rings is 18. The first-order valence-corrected chi connectivity index (χ1v) is 49.1. The van der Waals surface area contributed by atoms with E-state index in [2.05, 4.69) is 505 Å². The molecule has 0 aliphatic carbocycles. The average molecular weight is 1860 g/mol. The van der Waals surface area contributed by atoms with Crippen molar-refractivity contribution in [1.82, 2.24) is 34.1 Å². The summed E-state index contributed by atoms with van der Waals surface area (Å²) in [6.07, 6.45) is 3.65. The molecule has 5 aromatic heterocycles. The Bertz CT molecular complexity index is 8560. The Morgan fingerprint density at radius 2 is 0.483 bits per heavy atom. The van der Waals surface area contributed by atoms with Gasteiger partial charge in [-0.1, -0.05) is 243 Å². The highest BCUT2D eigenvalue weighted by molar-refractivity contribution is 7.21. The van der Waals surface area contributed by atoms with Crippen LogP contribution in [0, 0.1) is 0 Å². The minimum absolute atomic E-state index is 0.848. The number of pyridine rings is 2. The lowest BCUT2D eigenvalue weighted by atomic mass is 9.84. The van der Waals surface area contributed by atoms with Gasteiger partial charge in [0.1, 0.15) is 27.7 Å². The van der Waals surface area contributed by atoms with Crippen LogP contribution in [-0.4, -0.2) is 62.2 Å². The first kappa shape index (κ1) is 85.0. The third-order valence-corrected chi connectivity index (χ3v) is 29.7. The molecule has 0 spiro atoms. The lowest BCUT2D eigenvalue weighted by molar-refractivity contribution is 0.942. The monoisotopic (exact) mass is 1860 g/mol. The first-order chi connectivity index (χ1) is 70.4. The number of hydrogen-bond donors (Lipinski definition) is 0. The highest BCUT2D eigenvalue weighted by Gasteiger charge is 2.34. The summed E-state index contributed by atoms with van der Waals surface area (Å²) in [5.74, 6) is 1.72. The fraction of sp³-hybridized carbons (Fsp3) is 0.0472. The quantitative estimate of drug-likeness (QED) is 0.103. The minimum atomic E-state index is 0.848. The van der Waals surface area contributed by atoms with Crippen LogP contribution in [0.25, 0.3) is 144 Å². The van der Waals surface area contributed by atoms with Crippen LogP contribution >= 0.6 is 11.3 Å². The fourth-order valence-corrected chi connectivity index (χ4v) is 22.6. The van der Waals surface area contributed by atoms with Crippen LogP contribution in [0.5, 0.6) is 0 Å². The Hall–Kier alpha value is -18.5. The van der Waals surface area contributed by atoms with Gasteiger partial charge in [-0.05, 0) is 278 Å². The number of nitrogens with zero attached hydrogens (tertiary/aromatic N) is 15. The van der Waals surface area contributed by atoms with Crippen LogP contribution in [0.15, 0.2) is 455 Å². The highest BCUT2D eigenvalue weighted by Crippen LogP contribution is 2.58. The minimum Gasteiger partial charge on any atom is -0.341 e. The van der Waals surface area contributed by atoms with E-state index < -0.39 is 0 Å². The SMILES string of the molecule is CN1c2ccccc2N(c2ccc(-c3ccc(-c4ccc(-c5nc6ccccc6s5)cc4)c(-c4ccc(N5c6ccccc6N(C)c6ccccc65)cc4)c3)cc2)c2ccccc21.CN1c2ccccc2N(c2cccc(-c3cc(-c4ccc(-c5nc6cccnc6n5C)cc4)c(-c4cccc(N5c6ccccc6N(C)c6ccccc65)c4)c(-c4ccc(-c5nc6cccnc6n5C)cc4)c3)c2)c2ccccc21. The van der Waals surface area contributed by atoms with Crippen LogP contribution in [-0.2, 0) is 14.1 Å². The Morgan fingerprint density at radius 1 is 0.189 bits per heavy atom. The number of thiazole rings is 1. The van der Waals surface area contributed by atoms with E-state index in [-0.39, 0.29) is 0 Å². The second-order valence-corrected chi connectivity index (χ2v) is 37.8. The second kappa shape index (κ2) is 34.9. The molecular formula is C127H93N15S. The molecule has 0 saturated heterocycles. The van der Waals surface area contributed by atoms with E-state index in [0.717, 1.165) is 208 Å². The third kappa shape index (κ3) is 14.6. The Labute approximate surface area is 833 Å². The maximum absolute atomic E-state index is 5.05. The smallest absolute Gasteiger partial charge is 0.159 e. The summed E-state index contributed by atoms with van der Waals surface area (Å²) in [6, 6.07) is 160. The molecule has 9 heterocycles. The van der Waals surface area contributed by atoms with Gasteiger partial charge < -0.3 is 48.3 Å². The number of fused-ring (bicyclic) bond motifs is 11. The zero-order valence-electron chi connectivity index (χ0n) is 79.4. The summed E-state index contributed by atoms with van der Waals surface area (Å²) in [5.41, 5.74) is 46.2. The van der Waals surface area contributed by atoms with Gasteiger partial charge in [0, 0.05) is 94.1 Å². The number of aromatic nitrogens is 7. The molecule has 15 nitrogen and oxygen atoms in total. The van der Waals surface area contributed by atoms with Crippen LogP contribution in [0.3, 0.4) is 0 Å². The molecule has 0 amide bonds. The summed E-state index contributed by atoms with van der Waals surface area (Å²) in [5, 5.41) is 1.04. The predicted molar refractivity (Wildman–Crippen MR) is 596 cm³/mol. The van der Waals surface area contributed by atoms with Crippen molar-refractivity contribution in [3.8, 4) is 111 Å². The first-order valence-electron chi connectivity index (χ1n) is 48.3. The zero-order chi connectivity index (χ0) is 95.6. The summed E-state index contributed by atoms with van der Waals surface area (Å²) in [7, 11) is 12.7. The highest BCUT2D eigenvalue weighted by atomic mass is 32.1. The maximum Gasteiger partial charge on any atom is 0.159 e. The Balaban J connectivity index is 0.000000150. The molecule has 27 rings (SSSR count). The van der Waals surface area contributed by atoms with Crippen molar-refractivity contribution in [1.29, 1.82) is 0 Å². The standard InChI is InChI=1S/C70H52N10.C57H41N5S/c1-75-58-23-5-9-27-62(58)79(63-28-10-6-24-59(63)75)52-19-13-17-49(41-52)51-43-54(45-31-35-47(36-32-45)67-73-56-21-15-39-71-69(56)77(67)3)66(55(44-51)46-33-37-48(38-34-46)68-74-57-22-16-40-72-70(57)78(68)4)50-18-14-20-53(42-50)80-64-29-11-7-25-60(64)76(2)61-26-8-12-30-65(61)80;1-59-48-14-4-8-18-52(48)61(53-19-9-5-15-49(53)59)43-32-27-38(28-33-43)42-31-36-45(39-23-25-41(26-24-39)57-58-47-13-3-12-22-56(47)63-57)46(37-42)40-29-34-44(35-30-40)62-54-20-10-6-16-50(54)60(2)51-17-7-11-21-55(51)62/h5-44H,1-4H3;3-37H,1-2H3. The number of anilines is 20. The van der Waals surface area contributed by atoms with Gasteiger partial charge in [-0.3, -0.25) is 0 Å². The molecule has 16 heteroatoms. The van der Waals surface area contributed by atoms with Crippen LogP contribution in [0.2, 0.25) is 0 Å². The van der Waals surface area contributed by atoms with E-state index in [1.165, 1.54) is 50.0 Å². The normalized spacial score (nSPS) is 12.7. The topological polar surface area (TPSA) is 100 Å². The van der Waals surface area contributed by atoms with Crippen molar-refractivity contribution in [2.75, 3.05) is 67.4 Å². The lowest BCUT2D eigenvalue weighted by Crippen LogP contribution is -2.23. The molecule has 0 unspecified atom stereocenters. The largest absolute Gasteiger partial charge is 0.341 e. The van der Waals surface area contributed by atoms with Gasteiger partial charge in [0.25, 0.3) is 0 Å². The van der Waals surface area contributed by atoms with Crippen LogP contribution in [0.1, 0.15) is 0 Å².